The van der Waals surface area contributed by atoms with Crippen LogP contribution in [0.1, 0.15) is 34.9 Å². The van der Waals surface area contributed by atoms with E-state index in [0.717, 1.165) is 18.2 Å². The molecule has 0 radical (unpaired) electrons. The number of likely N-dealkylation sites (tertiary alicyclic amines) is 1. The average molecular weight is 313 g/mol. The third-order valence-electron chi connectivity index (χ3n) is 4.31. The summed E-state index contributed by atoms with van der Waals surface area (Å²) in [5.41, 5.74) is 1.52. The van der Waals surface area contributed by atoms with Crippen molar-refractivity contribution in [2.45, 2.75) is 25.5 Å². The van der Waals surface area contributed by atoms with E-state index in [1.54, 1.807) is 24.5 Å². The van der Waals surface area contributed by atoms with E-state index in [9.17, 15) is 4.79 Å². The van der Waals surface area contributed by atoms with Crippen LogP contribution in [0.15, 0.2) is 30.7 Å². The highest BCUT2D eigenvalue weighted by Crippen LogP contribution is 2.29. The van der Waals surface area contributed by atoms with E-state index in [0.29, 0.717) is 25.3 Å². The Morgan fingerprint density at radius 3 is 2.78 bits per heavy atom. The lowest BCUT2D eigenvalue weighted by atomic mass is 10.1. The number of nitrogens with zero attached hydrogens (tertiary/aromatic N) is 5. The lowest BCUT2D eigenvalue weighted by molar-refractivity contribution is 0.0498. The lowest BCUT2D eigenvalue weighted by Crippen LogP contribution is -2.50. The monoisotopic (exact) mass is 313 g/mol. The number of pyridine rings is 1. The number of amides is 1. The van der Waals surface area contributed by atoms with Crippen molar-refractivity contribution in [3.8, 4) is 0 Å². The topological polar surface area (TPSA) is 73.1 Å². The molecular formula is C16H19N5O2. The van der Waals surface area contributed by atoms with Crippen LogP contribution in [0.2, 0.25) is 0 Å². The maximum absolute atomic E-state index is 12.3. The second-order valence-electron chi connectivity index (χ2n) is 6.25. The van der Waals surface area contributed by atoms with Crippen molar-refractivity contribution in [3.05, 3.63) is 42.0 Å². The first-order valence-corrected chi connectivity index (χ1v) is 7.97. The number of carbonyl (C=O) groups excluding carboxylic acids is 1. The van der Waals surface area contributed by atoms with E-state index in [-0.39, 0.29) is 11.9 Å². The second kappa shape index (κ2) is 6.08. The molecule has 1 saturated carbocycles. The predicted octanol–water partition coefficient (Wildman–Crippen LogP) is 1.30. The zero-order chi connectivity index (χ0) is 15.6. The average Bonchev–Trinajstić information content (AvgIpc) is 3.24. The number of hydrogen-bond acceptors (Lipinski definition) is 5. The van der Waals surface area contributed by atoms with Gasteiger partial charge in [0.15, 0.2) is 0 Å². The first-order valence-electron chi connectivity index (χ1n) is 7.97. The molecule has 3 heterocycles. The number of rotatable bonds is 6. The third-order valence-corrected chi connectivity index (χ3v) is 4.31. The lowest BCUT2D eigenvalue weighted by Gasteiger charge is -2.38. The molecule has 2 fully saturated rings. The molecule has 1 aliphatic heterocycles. The first kappa shape index (κ1) is 14.3. The predicted molar refractivity (Wildman–Crippen MR) is 81.6 cm³/mol. The fourth-order valence-corrected chi connectivity index (χ4v) is 2.64. The van der Waals surface area contributed by atoms with Crippen molar-refractivity contribution in [1.29, 1.82) is 0 Å². The summed E-state index contributed by atoms with van der Waals surface area (Å²) in [7, 11) is 0. The fraction of sp³-hybridized carbons (Fsp3) is 0.500. The fourth-order valence-electron chi connectivity index (χ4n) is 2.64. The Labute approximate surface area is 134 Å². The van der Waals surface area contributed by atoms with E-state index in [2.05, 4.69) is 15.3 Å². The molecule has 23 heavy (non-hydrogen) atoms. The van der Waals surface area contributed by atoms with Crippen LogP contribution in [-0.4, -0.2) is 50.5 Å². The van der Waals surface area contributed by atoms with Gasteiger partial charge in [-0.25, -0.2) is 4.68 Å². The molecule has 0 spiro atoms. The summed E-state index contributed by atoms with van der Waals surface area (Å²) in [5, 5.41) is 8.30. The Morgan fingerprint density at radius 2 is 2.04 bits per heavy atom. The van der Waals surface area contributed by atoms with Crippen molar-refractivity contribution in [3.63, 3.8) is 0 Å². The Morgan fingerprint density at radius 1 is 1.26 bits per heavy atom. The maximum atomic E-state index is 12.3. The summed E-state index contributed by atoms with van der Waals surface area (Å²) < 4.78 is 7.46. The summed E-state index contributed by atoms with van der Waals surface area (Å²) >= 11 is 0. The van der Waals surface area contributed by atoms with Gasteiger partial charge >= 0.3 is 0 Å². The maximum Gasteiger partial charge on any atom is 0.254 e. The van der Waals surface area contributed by atoms with Crippen LogP contribution in [0.4, 0.5) is 0 Å². The Hall–Kier alpha value is -2.28. The molecule has 0 unspecified atom stereocenters. The van der Waals surface area contributed by atoms with Gasteiger partial charge in [-0.05, 0) is 30.9 Å². The van der Waals surface area contributed by atoms with Crippen LogP contribution >= 0.6 is 0 Å². The summed E-state index contributed by atoms with van der Waals surface area (Å²) in [6.07, 6.45) is 7.77. The minimum Gasteiger partial charge on any atom is -0.375 e. The van der Waals surface area contributed by atoms with Gasteiger partial charge in [-0.2, -0.15) is 0 Å². The van der Waals surface area contributed by atoms with E-state index in [1.165, 1.54) is 12.8 Å². The van der Waals surface area contributed by atoms with Gasteiger partial charge in [-0.3, -0.25) is 9.78 Å². The second-order valence-corrected chi connectivity index (χ2v) is 6.25. The molecular weight excluding hydrogens is 294 g/mol. The highest BCUT2D eigenvalue weighted by molar-refractivity contribution is 5.94. The quantitative estimate of drug-likeness (QED) is 0.803. The SMILES string of the molecule is O=C(c1ccncc1)N1CC(n2cc(COCC3CC3)nn2)C1. The summed E-state index contributed by atoms with van der Waals surface area (Å²) in [6.45, 7) is 2.66. The molecule has 0 N–H and O–H groups in total. The highest BCUT2D eigenvalue weighted by atomic mass is 16.5. The van der Waals surface area contributed by atoms with E-state index < -0.39 is 0 Å². The number of ether oxygens (including phenoxy) is 1. The molecule has 0 bridgehead atoms. The minimum atomic E-state index is 0.0387. The van der Waals surface area contributed by atoms with Crippen LogP contribution < -0.4 is 0 Å². The van der Waals surface area contributed by atoms with Gasteiger partial charge < -0.3 is 9.64 Å². The van der Waals surface area contributed by atoms with Gasteiger partial charge in [0.05, 0.1) is 18.8 Å². The normalized spacial score (nSPS) is 18.0. The minimum absolute atomic E-state index is 0.0387. The van der Waals surface area contributed by atoms with Gasteiger partial charge in [0.1, 0.15) is 5.69 Å². The van der Waals surface area contributed by atoms with Crippen molar-refractivity contribution < 1.29 is 9.53 Å². The Balaban J connectivity index is 1.28. The molecule has 2 aliphatic rings. The van der Waals surface area contributed by atoms with Crippen molar-refractivity contribution in [2.24, 2.45) is 5.92 Å². The van der Waals surface area contributed by atoms with E-state index >= 15 is 0 Å². The van der Waals surface area contributed by atoms with Gasteiger partial charge in [0.25, 0.3) is 5.91 Å². The number of aromatic nitrogens is 4. The zero-order valence-corrected chi connectivity index (χ0v) is 12.8. The molecule has 1 amide bonds. The zero-order valence-electron chi connectivity index (χ0n) is 12.8. The van der Waals surface area contributed by atoms with Gasteiger partial charge in [0, 0.05) is 37.7 Å². The van der Waals surface area contributed by atoms with Crippen LogP contribution in [0.3, 0.4) is 0 Å². The smallest absolute Gasteiger partial charge is 0.254 e. The molecule has 1 aliphatic carbocycles. The molecule has 7 heteroatoms. The van der Waals surface area contributed by atoms with Crippen molar-refractivity contribution >= 4 is 5.91 Å². The number of hydrogen-bond donors (Lipinski definition) is 0. The molecule has 2 aromatic heterocycles. The molecule has 4 rings (SSSR count). The molecule has 1 saturated heterocycles. The Bertz CT molecular complexity index is 677. The van der Waals surface area contributed by atoms with Crippen LogP contribution in [0.5, 0.6) is 0 Å². The molecule has 7 nitrogen and oxygen atoms in total. The largest absolute Gasteiger partial charge is 0.375 e. The standard InChI is InChI=1S/C16H19N5O2/c22-16(13-3-5-17-6-4-13)20-8-15(9-20)21-7-14(18-19-21)11-23-10-12-1-2-12/h3-7,12,15H,1-2,8-11H2. The van der Waals surface area contributed by atoms with Crippen molar-refractivity contribution in [1.82, 2.24) is 24.9 Å². The van der Waals surface area contributed by atoms with Crippen LogP contribution in [0, 0.1) is 5.92 Å². The van der Waals surface area contributed by atoms with Gasteiger partial charge in [0.2, 0.25) is 0 Å². The molecule has 2 aromatic rings. The molecule has 120 valence electrons. The van der Waals surface area contributed by atoms with E-state index in [1.807, 2.05) is 15.8 Å². The first-order chi connectivity index (χ1) is 11.3. The van der Waals surface area contributed by atoms with E-state index in [4.69, 9.17) is 4.74 Å². The van der Waals surface area contributed by atoms with Gasteiger partial charge in [-0.15, -0.1) is 5.10 Å². The summed E-state index contributed by atoms with van der Waals surface area (Å²) in [6, 6.07) is 3.67. The van der Waals surface area contributed by atoms with Crippen LogP contribution in [0.25, 0.3) is 0 Å². The molecule has 0 atom stereocenters. The highest BCUT2D eigenvalue weighted by Gasteiger charge is 2.33. The van der Waals surface area contributed by atoms with Gasteiger partial charge in [-0.1, -0.05) is 5.21 Å². The Kier molecular flexibility index (Phi) is 3.78. The molecule has 0 aromatic carbocycles. The van der Waals surface area contributed by atoms with Crippen LogP contribution in [-0.2, 0) is 11.3 Å². The van der Waals surface area contributed by atoms with Crippen molar-refractivity contribution in [2.75, 3.05) is 19.7 Å². The third kappa shape index (κ3) is 3.24. The number of carbonyl (C=O) groups is 1. The summed E-state index contributed by atoms with van der Waals surface area (Å²) in [4.78, 5) is 18.0. The summed E-state index contributed by atoms with van der Waals surface area (Å²) in [5.74, 6) is 0.793.